The maximum Gasteiger partial charge on any atom is 0.360 e. The largest absolute Gasteiger partial charge is 0.464 e. The number of hydrogen-bond acceptors (Lipinski definition) is 5. The van der Waals surface area contributed by atoms with Crippen LogP contribution in [0.1, 0.15) is 10.5 Å². The lowest BCUT2D eigenvalue weighted by atomic mass is 10.2. The van der Waals surface area contributed by atoms with Crippen molar-refractivity contribution in [3.05, 3.63) is 66.4 Å². The highest BCUT2D eigenvalue weighted by Gasteiger charge is 2.25. The fourth-order valence-corrected chi connectivity index (χ4v) is 2.52. The van der Waals surface area contributed by atoms with E-state index in [-0.39, 0.29) is 11.5 Å². The molecule has 2 heterocycles. The molecule has 4 aromatic rings. The molecule has 0 atom stereocenters. The van der Waals surface area contributed by atoms with Gasteiger partial charge in [0.15, 0.2) is 11.5 Å². The summed E-state index contributed by atoms with van der Waals surface area (Å²) in [6, 6.07) is 18.7. The van der Waals surface area contributed by atoms with E-state index >= 15 is 0 Å². The highest BCUT2D eigenvalue weighted by Crippen LogP contribution is 2.33. The Bertz CT molecular complexity index is 981. The van der Waals surface area contributed by atoms with Gasteiger partial charge in [-0.3, -0.25) is 0 Å². The van der Waals surface area contributed by atoms with E-state index in [1.807, 2.05) is 60.7 Å². The Labute approximate surface area is 137 Å². The normalized spacial score (nSPS) is 10.9. The smallest absolute Gasteiger partial charge is 0.360 e. The molecule has 0 bridgehead atoms. The zero-order valence-electron chi connectivity index (χ0n) is 12.9. The molecule has 0 amide bonds. The van der Waals surface area contributed by atoms with Crippen molar-refractivity contribution >= 4 is 16.9 Å². The summed E-state index contributed by atoms with van der Waals surface area (Å²) in [5.74, 6) is 0.464. The molecule has 0 spiro atoms. The van der Waals surface area contributed by atoms with E-state index in [0.29, 0.717) is 17.2 Å². The van der Waals surface area contributed by atoms with E-state index in [1.54, 1.807) is 0 Å². The number of nitrogens with zero attached hydrogens (tertiary/aromatic N) is 1. The lowest BCUT2D eigenvalue weighted by Gasteiger charge is -1.95. The number of hydrogen-bond donors (Lipinski definition) is 0. The summed E-state index contributed by atoms with van der Waals surface area (Å²) in [6.07, 6.45) is 0. The monoisotopic (exact) mass is 319 g/mol. The number of carbonyl (C=O) groups is 1. The van der Waals surface area contributed by atoms with Gasteiger partial charge in [0.05, 0.1) is 7.11 Å². The van der Waals surface area contributed by atoms with Crippen molar-refractivity contribution in [3.63, 3.8) is 0 Å². The third-order valence-electron chi connectivity index (χ3n) is 3.68. The Hall–Kier alpha value is -3.34. The zero-order valence-corrected chi connectivity index (χ0v) is 12.9. The lowest BCUT2D eigenvalue weighted by Crippen LogP contribution is -2.03. The molecule has 0 saturated heterocycles. The van der Waals surface area contributed by atoms with Gasteiger partial charge < -0.3 is 13.6 Å². The fraction of sp³-hybridized carbons (Fsp3) is 0.0526. The van der Waals surface area contributed by atoms with Crippen LogP contribution in [0.3, 0.4) is 0 Å². The molecule has 0 N–H and O–H groups in total. The van der Waals surface area contributed by atoms with Crippen LogP contribution in [-0.4, -0.2) is 18.1 Å². The third-order valence-corrected chi connectivity index (χ3v) is 3.68. The summed E-state index contributed by atoms with van der Waals surface area (Å²) >= 11 is 0. The van der Waals surface area contributed by atoms with Gasteiger partial charge in [-0.25, -0.2) is 9.78 Å². The number of oxazole rings is 1. The standard InChI is InChI=1S/C19H13NO4/c1-22-19(21)16-17(15-11-13-9-5-6-10-14(13)23-15)24-18(20-16)12-7-3-2-4-8-12/h2-11H,1H3. The van der Waals surface area contributed by atoms with Crippen molar-refractivity contribution in [2.24, 2.45) is 0 Å². The molecule has 0 aliphatic rings. The lowest BCUT2D eigenvalue weighted by molar-refractivity contribution is 0.0595. The SMILES string of the molecule is COC(=O)c1nc(-c2ccccc2)oc1-c1cc2ccccc2o1. The quantitative estimate of drug-likeness (QED) is 0.519. The zero-order chi connectivity index (χ0) is 16.5. The van der Waals surface area contributed by atoms with Gasteiger partial charge in [0.1, 0.15) is 5.58 Å². The van der Waals surface area contributed by atoms with Crippen molar-refractivity contribution < 1.29 is 18.4 Å². The van der Waals surface area contributed by atoms with Crippen LogP contribution in [0.2, 0.25) is 0 Å². The summed E-state index contributed by atoms with van der Waals surface area (Å²) < 4.78 is 16.4. The minimum atomic E-state index is -0.573. The van der Waals surface area contributed by atoms with Crippen LogP contribution in [-0.2, 0) is 4.74 Å². The van der Waals surface area contributed by atoms with Crippen LogP contribution in [0.4, 0.5) is 0 Å². The molecule has 24 heavy (non-hydrogen) atoms. The average Bonchev–Trinajstić information content (AvgIpc) is 3.25. The molecule has 4 rings (SSSR count). The second kappa shape index (κ2) is 5.70. The molecule has 0 radical (unpaired) electrons. The Kier molecular flexibility index (Phi) is 3.39. The number of methoxy groups -OCH3 is 1. The van der Waals surface area contributed by atoms with E-state index in [0.717, 1.165) is 10.9 Å². The molecule has 0 saturated carbocycles. The Balaban J connectivity index is 1.89. The topological polar surface area (TPSA) is 65.5 Å². The number of rotatable bonds is 3. The second-order valence-electron chi connectivity index (χ2n) is 5.20. The van der Waals surface area contributed by atoms with Gasteiger partial charge in [0.25, 0.3) is 0 Å². The van der Waals surface area contributed by atoms with Crippen molar-refractivity contribution in [2.45, 2.75) is 0 Å². The molecule has 5 nitrogen and oxygen atoms in total. The number of esters is 1. The number of ether oxygens (including phenoxy) is 1. The van der Waals surface area contributed by atoms with Crippen LogP contribution in [0.5, 0.6) is 0 Å². The Morgan fingerprint density at radius 2 is 1.75 bits per heavy atom. The van der Waals surface area contributed by atoms with Gasteiger partial charge in [-0.2, -0.15) is 0 Å². The first-order valence-electron chi connectivity index (χ1n) is 7.40. The summed E-state index contributed by atoms with van der Waals surface area (Å²) in [5.41, 5.74) is 1.57. The van der Waals surface area contributed by atoms with Crippen molar-refractivity contribution in [2.75, 3.05) is 7.11 Å². The van der Waals surface area contributed by atoms with Crippen LogP contribution >= 0.6 is 0 Å². The maximum atomic E-state index is 12.1. The summed E-state index contributed by atoms with van der Waals surface area (Å²) in [6.45, 7) is 0. The van der Waals surface area contributed by atoms with Gasteiger partial charge in [-0.1, -0.05) is 36.4 Å². The first kappa shape index (κ1) is 14.3. The van der Waals surface area contributed by atoms with Crippen LogP contribution < -0.4 is 0 Å². The Morgan fingerprint density at radius 1 is 1.00 bits per heavy atom. The first-order valence-corrected chi connectivity index (χ1v) is 7.40. The predicted octanol–water partition coefficient (Wildman–Crippen LogP) is 4.54. The van der Waals surface area contributed by atoms with Crippen molar-refractivity contribution in [3.8, 4) is 23.0 Å². The average molecular weight is 319 g/mol. The molecule has 118 valence electrons. The number of para-hydroxylation sites is 1. The maximum absolute atomic E-state index is 12.1. The summed E-state index contributed by atoms with van der Waals surface area (Å²) in [5, 5.41) is 0.918. The molecule has 0 aliphatic carbocycles. The van der Waals surface area contributed by atoms with E-state index < -0.39 is 5.97 Å². The first-order chi connectivity index (χ1) is 11.8. The molecular formula is C19H13NO4. The van der Waals surface area contributed by atoms with Crippen molar-refractivity contribution in [1.82, 2.24) is 4.98 Å². The van der Waals surface area contributed by atoms with Crippen LogP contribution in [0.25, 0.3) is 33.9 Å². The van der Waals surface area contributed by atoms with E-state index in [9.17, 15) is 4.79 Å². The molecule has 5 heteroatoms. The number of carbonyl (C=O) groups excluding carboxylic acids is 1. The molecular weight excluding hydrogens is 306 g/mol. The van der Waals surface area contributed by atoms with Gasteiger partial charge in [-0.05, 0) is 24.3 Å². The van der Waals surface area contributed by atoms with Gasteiger partial charge in [0.2, 0.25) is 11.7 Å². The molecule has 0 unspecified atom stereocenters. The number of fused-ring (bicyclic) bond motifs is 1. The van der Waals surface area contributed by atoms with E-state index in [4.69, 9.17) is 13.6 Å². The minimum absolute atomic E-state index is 0.0930. The summed E-state index contributed by atoms with van der Waals surface area (Å²) in [7, 11) is 1.31. The van der Waals surface area contributed by atoms with Crippen molar-refractivity contribution in [1.29, 1.82) is 0 Å². The predicted molar refractivity (Wildman–Crippen MR) is 88.5 cm³/mol. The second-order valence-corrected chi connectivity index (χ2v) is 5.20. The molecule has 0 fully saturated rings. The number of furan rings is 1. The van der Waals surface area contributed by atoms with Gasteiger partial charge in [0, 0.05) is 10.9 Å². The third kappa shape index (κ3) is 2.36. The van der Waals surface area contributed by atoms with E-state index in [1.165, 1.54) is 7.11 Å². The van der Waals surface area contributed by atoms with Gasteiger partial charge in [-0.15, -0.1) is 0 Å². The Morgan fingerprint density at radius 3 is 2.50 bits per heavy atom. The highest BCUT2D eigenvalue weighted by molar-refractivity contribution is 5.95. The number of aromatic nitrogens is 1. The summed E-state index contributed by atoms with van der Waals surface area (Å²) in [4.78, 5) is 16.4. The highest BCUT2D eigenvalue weighted by atomic mass is 16.5. The number of benzene rings is 2. The molecule has 2 aromatic carbocycles. The van der Waals surface area contributed by atoms with Gasteiger partial charge >= 0.3 is 5.97 Å². The van der Waals surface area contributed by atoms with Crippen LogP contribution in [0.15, 0.2) is 69.5 Å². The van der Waals surface area contributed by atoms with E-state index in [2.05, 4.69) is 4.98 Å². The fourth-order valence-electron chi connectivity index (χ4n) is 2.52. The molecule has 0 aliphatic heterocycles. The molecule has 2 aromatic heterocycles. The van der Waals surface area contributed by atoms with Crippen LogP contribution in [0, 0.1) is 0 Å². The minimum Gasteiger partial charge on any atom is -0.464 e.